The fourth-order valence-corrected chi connectivity index (χ4v) is 8.87. The first kappa shape index (κ1) is 70.5. The molecule has 2 rings (SSSR count). The molecule has 12 atom stereocenters. The Labute approximate surface area is 469 Å². The highest BCUT2D eigenvalue weighted by molar-refractivity contribution is 5.76. The van der Waals surface area contributed by atoms with E-state index in [1.165, 1.54) is 25.7 Å². The van der Waals surface area contributed by atoms with E-state index in [2.05, 4.69) is 129 Å². The molecule has 0 radical (unpaired) electrons. The summed E-state index contributed by atoms with van der Waals surface area (Å²) >= 11 is 0. The van der Waals surface area contributed by atoms with Crippen LogP contribution in [0.25, 0.3) is 0 Å². The van der Waals surface area contributed by atoms with Gasteiger partial charge in [0.15, 0.2) is 12.6 Å². The van der Waals surface area contributed by atoms with E-state index < -0.39 is 86.8 Å². The minimum Gasteiger partial charge on any atom is -0.394 e. The van der Waals surface area contributed by atoms with Gasteiger partial charge in [0.25, 0.3) is 0 Å². The van der Waals surface area contributed by atoms with Crippen LogP contribution in [0.2, 0.25) is 0 Å². The van der Waals surface area contributed by atoms with Crippen LogP contribution in [-0.2, 0) is 23.7 Å². The molecule has 14 nitrogen and oxygen atoms in total. The third-order valence-corrected chi connectivity index (χ3v) is 13.7. The number of carbonyl (C=O) groups is 1. The predicted octanol–water partition coefficient (Wildman–Crippen LogP) is 10.2. The van der Waals surface area contributed by atoms with Gasteiger partial charge in [0.05, 0.1) is 32.0 Å². The summed E-state index contributed by atoms with van der Waals surface area (Å²) in [5, 5.41) is 86.8. The fraction of sp³-hybridized carbons (Fsp3) is 0.672. The molecular weight excluding hydrogens is 991 g/mol. The summed E-state index contributed by atoms with van der Waals surface area (Å²) in [6.45, 7) is 2.61. The summed E-state index contributed by atoms with van der Waals surface area (Å²) in [6, 6.07) is -0.927. The molecule has 0 aromatic carbocycles. The van der Waals surface area contributed by atoms with Crippen LogP contribution in [0.1, 0.15) is 181 Å². The Morgan fingerprint density at radius 2 is 0.885 bits per heavy atom. The second kappa shape index (κ2) is 48.1. The molecule has 2 aliphatic heterocycles. The largest absolute Gasteiger partial charge is 0.394 e. The lowest BCUT2D eigenvalue weighted by Crippen LogP contribution is -2.65. The van der Waals surface area contributed by atoms with Gasteiger partial charge in [-0.3, -0.25) is 4.79 Å². The third kappa shape index (κ3) is 33.2. The zero-order valence-electron chi connectivity index (χ0n) is 47.6. The Morgan fingerprint density at radius 1 is 0.474 bits per heavy atom. The number of ether oxygens (including phenoxy) is 4. The molecule has 0 aromatic rings. The molecule has 14 heteroatoms. The number of nitrogens with one attached hydrogen (secondary N) is 1. The summed E-state index contributed by atoms with van der Waals surface area (Å²) in [6.07, 6.45) is 52.6. The molecule has 444 valence electrons. The van der Waals surface area contributed by atoms with Crippen LogP contribution in [0.5, 0.6) is 0 Å². The van der Waals surface area contributed by atoms with Crippen molar-refractivity contribution in [1.29, 1.82) is 0 Å². The standard InChI is InChI=1S/C64H105NO13/c1-3-5-7-9-11-13-14-15-16-17-18-19-20-21-22-23-24-25-26-27-28-29-30-31-32-33-34-35-36-37-38-40-42-44-46-48-56(69)65-52(53(68)47-45-43-41-39-12-10-8-6-4-2)51-75-63-61(74)59(72)62(55(50-67)77-63)78-64-60(73)58(71)57(70)54(49-66)76-64/h5,7,11,13,15-16,18-19,21-22,24-25,27-28,30-31,33-34,45,47,52-55,57-64,66-68,70-74H,3-4,6,8-10,12,14,17,20,23,26,29,32,35-44,46,48-51H2,1-2H3,(H,65,69)/b7-5-,13-11-,16-15-,19-18-,22-21-,25-24-,28-27-,31-30-,34-33-,47-45+. The van der Waals surface area contributed by atoms with Crippen molar-refractivity contribution in [3.8, 4) is 0 Å². The minimum atomic E-state index is -1.79. The monoisotopic (exact) mass is 1100 g/mol. The van der Waals surface area contributed by atoms with Crippen LogP contribution in [-0.4, -0.2) is 140 Å². The first-order chi connectivity index (χ1) is 38.1. The van der Waals surface area contributed by atoms with Crippen molar-refractivity contribution in [2.24, 2.45) is 0 Å². The molecule has 2 saturated heterocycles. The van der Waals surface area contributed by atoms with E-state index >= 15 is 0 Å². The van der Waals surface area contributed by atoms with Crippen molar-refractivity contribution in [3.63, 3.8) is 0 Å². The van der Waals surface area contributed by atoms with Crippen molar-refractivity contribution in [2.75, 3.05) is 19.8 Å². The number of allylic oxidation sites excluding steroid dienone is 19. The smallest absolute Gasteiger partial charge is 0.220 e. The van der Waals surface area contributed by atoms with Crippen molar-refractivity contribution < 1.29 is 64.6 Å². The number of aliphatic hydroxyl groups is 8. The molecule has 2 heterocycles. The van der Waals surface area contributed by atoms with Gasteiger partial charge in [-0.25, -0.2) is 0 Å². The number of amides is 1. The number of carbonyl (C=O) groups excluding carboxylic acids is 1. The molecule has 0 saturated carbocycles. The summed E-state index contributed by atoms with van der Waals surface area (Å²) in [5.41, 5.74) is 0. The maximum Gasteiger partial charge on any atom is 0.220 e. The van der Waals surface area contributed by atoms with Crippen molar-refractivity contribution in [1.82, 2.24) is 5.32 Å². The van der Waals surface area contributed by atoms with Gasteiger partial charge in [-0.15, -0.1) is 0 Å². The van der Waals surface area contributed by atoms with E-state index in [-0.39, 0.29) is 18.9 Å². The fourth-order valence-electron chi connectivity index (χ4n) is 8.87. The van der Waals surface area contributed by atoms with E-state index in [4.69, 9.17) is 18.9 Å². The van der Waals surface area contributed by atoms with E-state index in [1.807, 2.05) is 6.08 Å². The third-order valence-electron chi connectivity index (χ3n) is 13.7. The molecule has 0 spiro atoms. The topological polar surface area (TPSA) is 228 Å². The number of aliphatic hydroxyl groups excluding tert-OH is 8. The summed E-state index contributed by atoms with van der Waals surface area (Å²) in [7, 11) is 0. The highest BCUT2D eigenvalue weighted by Crippen LogP contribution is 2.30. The second-order valence-electron chi connectivity index (χ2n) is 20.4. The highest BCUT2D eigenvalue weighted by Gasteiger charge is 2.51. The molecule has 0 bridgehead atoms. The molecule has 78 heavy (non-hydrogen) atoms. The van der Waals surface area contributed by atoms with Crippen LogP contribution in [0, 0.1) is 0 Å². The zero-order valence-corrected chi connectivity index (χ0v) is 47.6. The lowest BCUT2D eigenvalue weighted by molar-refractivity contribution is -0.359. The normalized spacial score (nSPS) is 25.5. The van der Waals surface area contributed by atoms with Crippen LogP contribution >= 0.6 is 0 Å². The predicted molar refractivity (Wildman–Crippen MR) is 313 cm³/mol. The molecular formula is C64H105NO13. The Hall–Kier alpha value is -3.61. The van der Waals surface area contributed by atoms with Crippen molar-refractivity contribution >= 4 is 5.91 Å². The van der Waals surface area contributed by atoms with E-state index in [0.717, 1.165) is 128 Å². The van der Waals surface area contributed by atoms with Gasteiger partial charge in [-0.05, 0) is 89.9 Å². The van der Waals surface area contributed by atoms with Gasteiger partial charge in [-0.1, -0.05) is 206 Å². The molecule has 0 aromatic heterocycles. The summed E-state index contributed by atoms with van der Waals surface area (Å²) < 4.78 is 22.7. The number of rotatable bonds is 45. The minimum absolute atomic E-state index is 0.260. The van der Waals surface area contributed by atoms with Gasteiger partial charge in [-0.2, -0.15) is 0 Å². The quantitative estimate of drug-likeness (QED) is 0.0205. The van der Waals surface area contributed by atoms with Gasteiger partial charge in [0.1, 0.15) is 48.8 Å². The first-order valence-electron chi connectivity index (χ1n) is 29.8. The van der Waals surface area contributed by atoms with Crippen LogP contribution in [0.3, 0.4) is 0 Å². The Morgan fingerprint density at radius 3 is 1.36 bits per heavy atom. The van der Waals surface area contributed by atoms with Gasteiger partial charge in [0, 0.05) is 6.42 Å². The average molecular weight is 1100 g/mol. The van der Waals surface area contributed by atoms with Gasteiger partial charge < -0.3 is 65.1 Å². The molecule has 1 amide bonds. The van der Waals surface area contributed by atoms with Crippen LogP contribution < -0.4 is 5.32 Å². The lowest BCUT2D eigenvalue weighted by atomic mass is 9.97. The Bertz CT molecular complexity index is 1770. The maximum absolute atomic E-state index is 13.2. The Kier molecular flexibility index (Phi) is 43.5. The van der Waals surface area contributed by atoms with Crippen molar-refractivity contribution in [2.45, 2.75) is 254 Å². The van der Waals surface area contributed by atoms with Crippen LogP contribution in [0.4, 0.5) is 0 Å². The molecule has 12 unspecified atom stereocenters. The zero-order chi connectivity index (χ0) is 56.7. The summed E-state index contributed by atoms with van der Waals surface area (Å²) in [5.74, 6) is -0.260. The molecule has 2 aliphatic rings. The SMILES string of the molecule is CC/C=C\C/C=C\C/C=C\C/C=C\C/C=C\C/C=C\C/C=C\C/C=C\C/C=C\CCCCCCCCCC(=O)NC(COC1OC(CO)C(OC2OC(CO)C(O)C(O)C2O)C(O)C1O)C(O)/C=C/CCCCCCCCC. The molecule has 2 fully saturated rings. The lowest BCUT2D eigenvalue weighted by Gasteiger charge is -2.46. The molecule has 0 aliphatic carbocycles. The maximum atomic E-state index is 13.2. The summed E-state index contributed by atoms with van der Waals surface area (Å²) in [4.78, 5) is 13.2. The van der Waals surface area contributed by atoms with Crippen LogP contribution in [0.15, 0.2) is 122 Å². The van der Waals surface area contributed by atoms with E-state index in [9.17, 15) is 45.6 Å². The van der Waals surface area contributed by atoms with Gasteiger partial charge in [0.2, 0.25) is 5.91 Å². The second-order valence-corrected chi connectivity index (χ2v) is 20.4. The van der Waals surface area contributed by atoms with Gasteiger partial charge >= 0.3 is 0 Å². The van der Waals surface area contributed by atoms with E-state index in [0.29, 0.717) is 6.42 Å². The van der Waals surface area contributed by atoms with Crippen molar-refractivity contribution in [3.05, 3.63) is 122 Å². The highest BCUT2D eigenvalue weighted by atomic mass is 16.7. The number of hydrogen-bond donors (Lipinski definition) is 9. The Balaban J connectivity index is 1.65. The number of unbranched alkanes of at least 4 members (excludes halogenated alkanes) is 14. The first-order valence-corrected chi connectivity index (χ1v) is 29.8. The average Bonchev–Trinajstić information content (AvgIpc) is 3.44. The molecule has 9 N–H and O–H groups in total. The van der Waals surface area contributed by atoms with E-state index in [1.54, 1.807) is 6.08 Å². The number of hydrogen-bond acceptors (Lipinski definition) is 13.